The van der Waals surface area contributed by atoms with E-state index < -0.39 is 0 Å². The van der Waals surface area contributed by atoms with Crippen molar-refractivity contribution in [3.05, 3.63) is 69.2 Å². The minimum Gasteiger partial charge on any atom is -0.454 e. The van der Waals surface area contributed by atoms with Crippen LogP contribution < -0.4 is 0 Å². The van der Waals surface area contributed by atoms with E-state index in [4.69, 9.17) is 27.9 Å². The van der Waals surface area contributed by atoms with Gasteiger partial charge in [-0.25, -0.2) is 4.79 Å². The first-order valence-corrected chi connectivity index (χ1v) is 6.64. The summed E-state index contributed by atoms with van der Waals surface area (Å²) in [5.41, 5.74) is 2.27. The van der Waals surface area contributed by atoms with Gasteiger partial charge in [0.05, 0.1) is 5.56 Å². The summed E-state index contributed by atoms with van der Waals surface area (Å²) in [6.07, 6.45) is 0.236. The van der Waals surface area contributed by atoms with Gasteiger partial charge in [0.1, 0.15) is 6.10 Å². The van der Waals surface area contributed by atoms with Crippen molar-refractivity contribution in [3.8, 4) is 0 Å². The lowest BCUT2D eigenvalue weighted by Gasteiger charge is -2.25. The van der Waals surface area contributed by atoms with Gasteiger partial charge in [0.25, 0.3) is 0 Å². The molecule has 2 aromatic rings. The van der Waals surface area contributed by atoms with E-state index in [0.29, 0.717) is 22.0 Å². The maximum atomic E-state index is 12.0. The molecule has 19 heavy (non-hydrogen) atoms. The van der Waals surface area contributed by atoms with Crippen LogP contribution in [-0.4, -0.2) is 5.97 Å². The molecule has 0 bridgehead atoms. The Balaban J connectivity index is 2.01. The first kappa shape index (κ1) is 12.5. The molecule has 0 fully saturated rings. The molecule has 2 aromatic carbocycles. The molecule has 0 aliphatic carbocycles. The van der Waals surface area contributed by atoms with Gasteiger partial charge in [0.15, 0.2) is 0 Å². The van der Waals surface area contributed by atoms with Gasteiger partial charge >= 0.3 is 5.97 Å². The lowest BCUT2D eigenvalue weighted by Crippen LogP contribution is -2.22. The second-order valence-electron chi connectivity index (χ2n) is 4.42. The lowest BCUT2D eigenvalue weighted by molar-refractivity contribution is 0.0253. The molecule has 1 heterocycles. The molecule has 0 radical (unpaired) electrons. The fourth-order valence-electron chi connectivity index (χ4n) is 2.27. The molecule has 1 atom stereocenters. The zero-order chi connectivity index (χ0) is 13.4. The van der Waals surface area contributed by atoms with Crippen molar-refractivity contribution < 1.29 is 9.53 Å². The molecular weight excluding hydrogens is 283 g/mol. The van der Waals surface area contributed by atoms with Crippen LogP contribution in [0.2, 0.25) is 10.0 Å². The first-order chi connectivity index (χ1) is 9.15. The Bertz CT molecular complexity index is 652. The summed E-state index contributed by atoms with van der Waals surface area (Å²) in [5, 5.41) is 1.22. The molecule has 3 rings (SSSR count). The van der Waals surface area contributed by atoms with Gasteiger partial charge in [-0.3, -0.25) is 0 Å². The Hall–Kier alpha value is -1.51. The molecule has 0 aromatic heterocycles. The molecular formula is C15H10Cl2O2. The van der Waals surface area contributed by atoms with Crippen LogP contribution in [0.3, 0.4) is 0 Å². The Morgan fingerprint density at radius 3 is 2.68 bits per heavy atom. The predicted molar refractivity (Wildman–Crippen MR) is 74.8 cm³/mol. The number of esters is 1. The van der Waals surface area contributed by atoms with E-state index in [1.165, 1.54) is 0 Å². The Morgan fingerprint density at radius 1 is 1.11 bits per heavy atom. The van der Waals surface area contributed by atoms with Crippen molar-refractivity contribution in [1.82, 2.24) is 0 Å². The normalized spacial score (nSPS) is 17.8. The third-order valence-corrected chi connectivity index (χ3v) is 3.79. The summed E-state index contributed by atoms with van der Waals surface area (Å²) < 4.78 is 5.45. The van der Waals surface area contributed by atoms with Crippen LogP contribution in [0.25, 0.3) is 0 Å². The van der Waals surface area contributed by atoms with Crippen LogP contribution in [0.1, 0.15) is 27.6 Å². The molecule has 4 heteroatoms. The van der Waals surface area contributed by atoms with Crippen LogP contribution in [0, 0.1) is 0 Å². The van der Waals surface area contributed by atoms with Crippen molar-refractivity contribution >= 4 is 29.2 Å². The number of fused-ring (bicyclic) bond motifs is 1. The number of carbonyl (C=O) groups is 1. The van der Waals surface area contributed by atoms with E-state index in [-0.39, 0.29) is 12.1 Å². The van der Waals surface area contributed by atoms with Crippen LogP contribution >= 0.6 is 23.2 Å². The summed E-state index contributed by atoms with van der Waals surface area (Å²) in [7, 11) is 0. The van der Waals surface area contributed by atoms with E-state index in [0.717, 1.165) is 11.1 Å². The van der Waals surface area contributed by atoms with Crippen molar-refractivity contribution in [2.24, 2.45) is 0 Å². The highest BCUT2D eigenvalue weighted by Gasteiger charge is 2.28. The highest BCUT2D eigenvalue weighted by Crippen LogP contribution is 2.34. The second kappa shape index (κ2) is 4.87. The summed E-state index contributed by atoms with van der Waals surface area (Å²) in [4.78, 5) is 12.0. The van der Waals surface area contributed by atoms with Crippen molar-refractivity contribution in [2.75, 3.05) is 0 Å². The summed E-state index contributed by atoms with van der Waals surface area (Å²) in [6, 6.07) is 12.6. The Morgan fingerprint density at radius 2 is 1.89 bits per heavy atom. The standard InChI is InChI=1S/C15H10Cl2O2/c16-10-4-1-3-9(7-10)14-8-12-11(15(18)19-14)5-2-6-13(12)17/h1-7,14H,8H2. The minimum atomic E-state index is -0.339. The van der Waals surface area contributed by atoms with E-state index in [2.05, 4.69) is 0 Å². The number of hydrogen-bond acceptors (Lipinski definition) is 2. The highest BCUT2D eigenvalue weighted by molar-refractivity contribution is 6.32. The van der Waals surface area contributed by atoms with E-state index in [1.807, 2.05) is 12.1 Å². The zero-order valence-electron chi connectivity index (χ0n) is 9.90. The number of hydrogen-bond donors (Lipinski definition) is 0. The van der Waals surface area contributed by atoms with E-state index in [1.54, 1.807) is 30.3 Å². The number of carbonyl (C=O) groups excluding carboxylic acids is 1. The van der Waals surface area contributed by atoms with Gasteiger partial charge in [-0.05, 0) is 35.4 Å². The van der Waals surface area contributed by atoms with Gasteiger partial charge in [-0.15, -0.1) is 0 Å². The number of ether oxygens (including phenoxy) is 1. The smallest absolute Gasteiger partial charge is 0.339 e. The quantitative estimate of drug-likeness (QED) is 0.726. The number of benzene rings is 2. The highest BCUT2D eigenvalue weighted by atomic mass is 35.5. The van der Waals surface area contributed by atoms with Crippen LogP contribution in [0.4, 0.5) is 0 Å². The lowest BCUT2D eigenvalue weighted by atomic mass is 9.95. The molecule has 0 saturated carbocycles. The molecule has 2 nitrogen and oxygen atoms in total. The zero-order valence-corrected chi connectivity index (χ0v) is 11.4. The molecule has 0 saturated heterocycles. The molecule has 0 spiro atoms. The molecule has 0 N–H and O–H groups in total. The first-order valence-electron chi connectivity index (χ1n) is 5.89. The van der Waals surface area contributed by atoms with Crippen molar-refractivity contribution in [1.29, 1.82) is 0 Å². The van der Waals surface area contributed by atoms with Gasteiger partial charge < -0.3 is 4.74 Å². The van der Waals surface area contributed by atoms with E-state index in [9.17, 15) is 4.79 Å². The topological polar surface area (TPSA) is 26.3 Å². The fraction of sp³-hybridized carbons (Fsp3) is 0.133. The molecule has 1 unspecified atom stereocenters. The monoisotopic (exact) mass is 292 g/mol. The molecule has 96 valence electrons. The number of rotatable bonds is 1. The third-order valence-electron chi connectivity index (χ3n) is 3.20. The molecule has 1 aliphatic rings. The summed E-state index contributed by atoms with van der Waals surface area (Å²) in [5.74, 6) is -0.339. The van der Waals surface area contributed by atoms with Crippen molar-refractivity contribution in [3.63, 3.8) is 0 Å². The van der Waals surface area contributed by atoms with Gasteiger partial charge in [0.2, 0.25) is 0 Å². The molecule has 1 aliphatic heterocycles. The summed E-state index contributed by atoms with van der Waals surface area (Å²) in [6.45, 7) is 0. The SMILES string of the molecule is O=C1OC(c2cccc(Cl)c2)Cc2c(Cl)cccc21. The Kier molecular flexibility index (Phi) is 3.21. The van der Waals surface area contributed by atoms with Crippen molar-refractivity contribution in [2.45, 2.75) is 12.5 Å². The summed E-state index contributed by atoms with van der Waals surface area (Å²) >= 11 is 12.1. The second-order valence-corrected chi connectivity index (χ2v) is 5.26. The van der Waals surface area contributed by atoms with Gasteiger partial charge in [-0.1, -0.05) is 41.4 Å². The third kappa shape index (κ3) is 2.34. The minimum absolute atomic E-state index is 0.335. The fourth-order valence-corrected chi connectivity index (χ4v) is 2.72. The molecule has 0 amide bonds. The largest absolute Gasteiger partial charge is 0.454 e. The number of cyclic esters (lactones) is 1. The maximum Gasteiger partial charge on any atom is 0.339 e. The van der Waals surface area contributed by atoms with E-state index >= 15 is 0 Å². The average Bonchev–Trinajstić information content (AvgIpc) is 2.40. The number of halogens is 2. The average molecular weight is 293 g/mol. The van der Waals surface area contributed by atoms with Crippen LogP contribution in [0.5, 0.6) is 0 Å². The maximum absolute atomic E-state index is 12.0. The van der Waals surface area contributed by atoms with Gasteiger partial charge in [0, 0.05) is 16.5 Å². The Labute approximate surface area is 120 Å². The van der Waals surface area contributed by atoms with Crippen LogP contribution in [-0.2, 0) is 11.2 Å². The van der Waals surface area contributed by atoms with Gasteiger partial charge in [-0.2, -0.15) is 0 Å². The predicted octanol–water partition coefficient (Wildman–Crippen LogP) is 4.45. The van der Waals surface area contributed by atoms with Crippen LogP contribution in [0.15, 0.2) is 42.5 Å².